The van der Waals surface area contributed by atoms with Crippen molar-refractivity contribution in [3.05, 3.63) is 64.2 Å². The molecule has 6 nitrogen and oxygen atoms in total. The van der Waals surface area contributed by atoms with Crippen molar-refractivity contribution in [3.8, 4) is 0 Å². The van der Waals surface area contributed by atoms with E-state index in [1.54, 1.807) is 12.1 Å². The Morgan fingerprint density at radius 2 is 1.70 bits per heavy atom. The van der Waals surface area contributed by atoms with Crippen molar-refractivity contribution in [3.63, 3.8) is 0 Å². The predicted octanol–water partition coefficient (Wildman–Crippen LogP) is 3.63. The van der Waals surface area contributed by atoms with Gasteiger partial charge in [0.25, 0.3) is 17.7 Å². The van der Waals surface area contributed by atoms with Crippen LogP contribution >= 0.6 is 12.4 Å². The Morgan fingerprint density at radius 3 is 2.33 bits per heavy atom. The normalized spacial score (nSPS) is 13.9. The molecule has 0 bridgehead atoms. The van der Waals surface area contributed by atoms with Crippen molar-refractivity contribution in [2.75, 3.05) is 11.4 Å². The van der Waals surface area contributed by atoms with Crippen molar-refractivity contribution < 1.29 is 14.4 Å². The molecule has 0 aromatic heterocycles. The van der Waals surface area contributed by atoms with Crippen LogP contribution in [0.1, 0.15) is 62.5 Å². The molecule has 160 valence electrons. The highest BCUT2D eigenvalue weighted by Crippen LogP contribution is 2.31. The quantitative estimate of drug-likeness (QED) is 0.686. The number of halogens is 1. The molecule has 0 saturated carbocycles. The first-order valence-electron chi connectivity index (χ1n) is 9.84. The number of carbonyl (C=O) groups is 3. The zero-order chi connectivity index (χ0) is 21.3. The molecule has 0 spiro atoms. The van der Waals surface area contributed by atoms with Crippen molar-refractivity contribution in [2.24, 2.45) is 11.7 Å². The predicted molar refractivity (Wildman–Crippen MR) is 121 cm³/mol. The third-order valence-electron chi connectivity index (χ3n) is 5.13. The van der Waals surface area contributed by atoms with E-state index in [0.717, 1.165) is 17.5 Å². The molecule has 1 aliphatic rings. The summed E-state index contributed by atoms with van der Waals surface area (Å²) in [6, 6.07) is 10.1. The summed E-state index contributed by atoms with van der Waals surface area (Å²) in [5.74, 6) is -0.681. The fourth-order valence-corrected chi connectivity index (χ4v) is 3.61. The zero-order valence-corrected chi connectivity index (χ0v) is 18.5. The standard InChI is InChI=1S/C23H27N3O3.ClH/c1-13(2)9-17(12-24)25-21(27)16-7-8-18-19(11-16)23(29)26(22(18)28)20-10-14(3)5-6-15(20)4;/h5-8,10-11,13,17H,9,12,24H2,1-4H3,(H,25,27);1H. The van der Waals surface area contributed by atoms with Gasteiger partial charge in [-0.25, -0.2) is 4.90 Å². The SMILES string of the molecule is Cc1ccc(C)c(N2C(=O)c3ccc(C(=O)NC(CN)CC(C)C)cc3C2=O)c1.Cl. The van der Waals surface area contributed by atoms with E-state index < -0.39 is 5.91 Å². The minimum atomic E-state index is -0.411. The summed E-state index contributed by atoms with van der Waals surface area (Å²) in [7, 11) is 0. The Labute approximate surface area is 183 Å². The van der Waals surface area contributed by atoms with Gasteiger partial charge in [-0.1, -0.05) is 26.0 Å². The lowest BCUT2D eigenvalue weighted by Crippen LogP contribution is -2.41. The lowest BCUT2D eigenvalue weighted by atomic mass is 10.0. The largest absolute Gasteiger partial charge is 0.348 e. The molecular formula is C23H28ClN3O3. The summed E-state index contributed by atoms with van der Waals surface area (Å²) >= 11 is 0. The molecule has 2 aromatic rings. The fraction of sp³-hybridized carbons (Fsp3) is 0.348. The van der Waals surface area contributed by atoms with Crippen LogP contribution in [0.5, 0.6) is 0 Å². The summed E-state index contributed by atoms with van der Waals surface area (Å²) in [5.41, 5.74) is 9.03. The Balaban J connectivity index is 0.00000320. The molecule has 3 N–H and O–H groups in total. The number of aryl methyl sites for hydroxylation is 2. The number of imide groups is 1. The van der Waals surface area contributed by atoms with Gasteiger partial charge < -0.3 is 11.1 Å². The number of nitrogens with two attached hydrogens (primary N) is 1. The molecule has 1 aliphatic heterocycles. The molecule has 7 heteroatoms. The Hall–Kier alpha value is -2.70. The van der Waals surface area contributed by atoms with Gasteiger partial charge in [-0.15, -0.1) is 12.4 Å². The van der Waals surface area contributed by atoms with E-state index in [2.05, 4.69) is 19.2 Å². The molecule has 0 saturated heterocycles. The number of carbonyl (C=O) groups excluding carboxylic acids is 3. The number of nitrogens with zero attached hydrogens (tertiary/aromatic N) is 1. The maximum absolute atomic E-state index is 13.0. The highest BCUT2D eigenvalue weighted by Gasteiger charge is 2.37. The maximum Gasteiger partial charge on any atom is 0.266 e. The fourth-order valence-electron chi connectivity index (χ4n) is 3.61. The van der Waals surface area contributed by atoms with Crippen LogP contribution in [-0.4, -0.2) is 30.3 Å². The molecule has 2 aromatic carbocycles. The summed E-state index contributed by atoms with van der Waals surface area (Å²) in [6.07, 6.45) is 0.769. The van der Waals surface area contributed by atoms with Crippen LogP contribution in [0, 0.1) is 19.8 Å². The first-order valence-corrected chi connectivity index (χ1v) is 9.84. The summed E-state index contributed by atoms with van der Waals surface area (Å²) in [5, 5.41) is 2.92. The molecule has 1 unspecified atom stereocenters. The van der Waals surface area contributed by atoms with Gasteiger partial charge in [-0.2, -0.15) is 0 Å². The molecule has 3 rings (SSSR count). The topological polar surface area (TPSA) is 92.5 Å². The van der Waals surface area contributed by atoms with Crippen LogP contribution in [0.3, 0.4) is 0 Å². The van der Waals surface area contributed by atoms with Gasteiger partial charge in [0.15, 0.2) is 0 Å². The van der Waals surface area contributed by atoms with E-state index in [-0.39, 0.29) is 35.8 Å². The number of hydrogen-bond donors (Lipinski definition) is 2. The van der Waals surface area contributed by atoms with Crippen LogP contribution in [0.15, 0.2) is 36.4 Å². The van der Waals surface area contributed by atoms with Gasteiger partial charge in [-0.3, -0.25) is 14.4 Å². The van der Waals surface area contributed by atoms with Gasteiger partial charge in [0.1, 0.15) is 0 Å². The van der Waals surface area contributed by atoms with Crippen LogP contribution in [-0.2, 0) is 0 Å². The summed E-state index contributed by atoms with van der Waals surface area (Å²) < 4.78 is 0. The molecule has 0 aliphatic carbocycles. The number of rotatable bonds is 6. The highest BCUT2D eigenvalue weighted by atomic mass is 35.5. The van der Waals surface area contributed by atoms with Gasteiger partial charge >= 0.3 is 0 Å². The summed E-state index contributed by atoms with van der Waals surface area (Å²) in [4.78, 5) is 39.8. The maximum atomic E-state index is 13.0. The monoisotopic (exact) mass is 429 g/mol. The van der Waals surface area contributed by atoms with Crippen molar-refractivity contribution >= 4 is 35.8 Å². The van der Waals surface area contributed by atoms with Crippen LogP contribution in [0.2, 0.25) is 0 Å². The molecule has 1 atom stereocenters. The number of nitrogens with one attached hydrogen (secondary N) is 1. The number of anilines is 1. The minimum Gasteiger partial charge on any atom is -0.348 e. The van der Waals surface area contributed by atoms with Gasteiger partial charge in [0, 0.05) is 18.2 Å². The Kier molecular flexibility index (Phi) is 7.39. The van der Waals surface area contributed by atoms with Crippen molar-refractivity contribution in [2.45, 2.75) is 40.2 Å². The second kappa shape index (κ2) is 9.41. The number of fused-ring (bicyclic) bond motifs is 1. The van der Waals surface area contributed by atoms with E-state index in [0.29, 0.717) is 29.3 Å². The van der Waals surface area contributed by atoms with E-state index in [4.69, 9.17) is 5.73 Å². The van der Waals surface area contributed by atoms with Gasteiger partial charge in [0.2, 0.25) is 0 Å². The lowest BCUT2D eigenvalue weighted by molar-refractivity contribution is 0.0920. The third kappa shape index (κ3) is 4.55. The van der Waals surface area contributed by atoms with E-state index in [1.165, 1.54) is 11.0 Å². The van der Waals surface area contributed by atoms with E-state index >= 15 is 0 Å². The molecular weight excluding hydrogens is 402 g/mol. The molecule has 3 amide bonds. The highest BCUT2D eigenvalue weighted by molar-refractivity contribution is 6.35. The van der Waals surface area contributed by atoms with Crippen LogP contribution in [0.4, 0.5) is 5.69 Å². The smallest absolute Gasteiger partial charge is 0.266 e. The molecule has 30 heavy (non-hydrogen) atoms. The van der Waals surface area contributed by atoms with E-state index in [9.17, 15) is 14.4 Å². The van der Waals surface area contributed by atoms with Crippen LogP contribution in [0.25, 0.3) is 0 Å². The van der Waals surface area contributed by atoms with Crippen molar-refractivity contribution in [1.82, 2.24) is 5.32 Å². The first kappa shape index (κ1) is 23.6. The van der Waals surface area contributed by atoms with E-state index in [1.807, 2.05) is 32.0 Å². The van der Waals surface area contributed by atoms with Gasteiger partial charge in [-0.05, 0) is 61.6 Å². The second-order valence-electron chi connectivity index (χ2n) is 8.03. The van der Waals surface area contributed by atoms with Crippen LogP contribution < -0.4 is 16.0 Å². The van der Waals surface area contributed by atoms with Crippen molar-refractivity contribution in [1.29, 1.82) is 0 Å². The minimum absolute atomic E-state index is 0. The number of hydrogen-bond acceptors (Lipinski definition) is 4. The molecule has 0 radical (unpaired) electrons. The molecule has 1 heterocycles. The first-order chi connectivity index (χ1) is 13.7. The average molecular weight is 430 g/mol. The average Bonchev–Trinajstić information content (AvgIpc) is 2.93. The molecule has 0 fully saturated rings. The Bertz CT molecular complexity index is 988. The third-order valence-corrected chi connectivity index (χ3v) is 5.13. The Morgan fingerprint density at radius 1 is 1.03 bits per heavy atom. The second-order valence-corrected chi connectivity index (χ2v) is 8.03. The number of amides is 3. The zero-order valence-electron chi connectivity index (χ0n) is 17.7. The summed E-state index contributed by atoms with van der Waals surface area (Å²) in [6.45, 7) is 8.24. The lowest BCUT2D eigenvalue weighted by Gasteiger charge is -2.19. The number of benzene rings is 2. The van der Waals surface area contributed by atoms with Gasteiger partial charge in [0.05, 0.1) is 16.8 Å².